The van der Waals surface area contributed by atoms with E-state index in [1.807, 2.05) is 30.3 Å². The molecule has 1 amide bonds. The molecule has 1 aromatic carbocycles. The average molecular weight is 327 g/mol. The van der Waals surface area contributed by atoms with E-state index in [1.54, 1.807) is 0 Å². The zero-order chi connectivity index (χ0) is 16.8. The first-order valence-corrected chi connectivity index (χ1v) is 9.37. The number of hydrogen-bond acceptors (Lipinski definition) is 2. The summed E-state index contributed by atoms with van der Waals surface area (Å²) in [7, 11) is 0. The van der Waals surface area contributed by atoms with E-state index in [1.165, 1.54) is 19.3 Å². The van der Waals surface area contributed by atoms with E-state index in [0.717, 1.165) is 30.9 Å². The molecule has 1 aromatic rings. The Labute approximate surface area is 145 Å². The molecule has 2 atom stereocenters. The van der Waals surface area contributed by atoms with Crippen LogP contribution in [0.1, 0.15) is 52.4 Å². The first-order valence-electron chi connectivity index (χ1n) is 9.37. The Morgan fingerprint density at radius 1 is 1.08 bits per heavy atom. The lowest BCUT2D eigenvalue weighted by molar-refractivity contribution is -0.170. The van der Waals surface area contributed by atoms with Gasteiger partial charge in [-0.25, -0.2) is 0 Å². The van der Waals surface area contributed by atoms with Gasteiger partial charge in [-0.15, -0.1) is 0 Å². The molecular weight excluding hydrogens is 298 g/mol. The van der Waals surface area contributed by atoms with Crippen LogP contribution in [0, 0.1) is 22.2 Å². The van der Waals surface area contributed by atoms with Gasteiger partial charge in [-0.1, -0.05) is 32.0 Å². The molecule has 0 aromatic heterocycles. The van der Waals surface area contributed by atoms with Crippen molar-refractivity contribution in [2.75, 3.05) is 13.2 Å². The van der Waals surface area contributed by atoms with Gasteiger partial charge in [-0.2, -0.15) is 0 Å². The highest BCUT2D eigenvalue weighted by atomic mass is 16.5. The maximum Gasteiger partial charge on any atom is 0.226 e. The smallest absolute Gasteiger partial charge is 0.226 e. The van der Waals surface area contributed by atoms with Crippen LogP contribution in [0.3, 0.4) is 0 Å². The third-order valence-corrected chi connectivity index (χ3v) is 6.51. The van der Waals surface area contributed by atoms with Gasteiger partial charge in [0, 0.05) is 0 Å². The normalized spacial score (nSPS) is 39.7. The fraction of sp³-hybridized carbons (Fsp3) is 0.667. The molecule has 2 unspecified atom stereocenters. The van der Waals surface area contributed by atoms with E-state index in [-0.39, 0.29) is 11.3 Å². The molecule has 24 heavy (non-hydrogen) atoms. The molecule has 3 heteroatoms. The lowest BCUT2D eigenvalue weighted by atomic mass is 9.40. The van der Waals surface area contributed by atoms with Crippen LogP contribution in [0.4, 0.5) is 0 Å². The summed E-state index contributed by atoms with van der Waals surface area (Å²) in [5.41, 5.74) is 0.647. The zero-order valence-corrected chi connectivity index (χ0v) is 14.9. The number of carbonyl (C=O) groups is 1. The number of carbonyl (C=O) groups excluding carboxylic acids is 1. The average Bonchev–Trinajstić information content (AvgIpc) is 2.49. The van der Waals surface area contributed by atoms with Crippen molar-refractivity contribution in [1.82, 2.24) is 5.32 Å². The minimum atomic E-state index is -0.115. The van der Waals surface area contributed by atoms with Gasteiger partial charge in [-0.05, 0) is 67.4 Å². The predicted octanol–water partition coefficient (Wildman–Crippen LogP) is 4.18. The molecule has 0 heterocycles. The second-order valence-electron chi connectivity index (χ2n) is 9.33. The monoisotopic (exact) mass is 327 g/mol. The Morgan fingerprint density at radius 2 is 1.75 bits per heavy atom. The first-order chi connectivity index (χ1) is 11.4. The molecule has 4 aliphatic rings. The maximum atomic E-state index is 13.0. The van der Waals surface area contributed by atoms with Gasteiger partial charge in [0.05, 0.1) is 12.0 Å². The summed E-state index contributed by atoms with van der Waals surface area (Å²) in [6.07, 6.45) is 7.23. The second-order valence-corrected chi connectivity index (χ2v) is 9.33. The summed E-state index contributed by atoms with van der Waals surface area (Å²) in [5.74, 6) is 1.89. The molecule has 0 radical (unpaired) electrons. The standard InChI is InChI=1S/C21H29NO2/c1-19-10-16-11-20(2,13-19)15-21(12-16,14-19)18(23)22-8-9-24-17-6-4-3-5-7-17/h3-7,16H,8-15H2,1-2H3,(H,22,23). The van der Waals surface area contributed by atoms with Gasteiger partial charge in [0.25, 0.3) is 0 Å². The zero-order valence-electron chi connectivity index (χ0n) is 14.9. The van der Waals surface area contributed by atoms with Crippen molar-refractivity contribution in [2.24, 2.45) is 22.2 Å². The Kier molecular flexibility index (Phi) is 3.67. The van der Waals surface area contributed by atoms with E-state index in [4.69, 9.17) is 4.74 Å². The highest BCUT2D eigenvalue weighted by Crippen LogP contribution is 2.69. The van der Waals surface area contributed by atoms with Gasteiger partial charge in [0.2, 0.25) is 5.91 Å². The van der Waals surface area contributed by atoms with Gasteiger partial charge in [0.1, 0.15) is 12.4 Å². The molecule has 0 aliphatic heterocycles. The first kappa shape index (κ1) is 16.0. The van der Waals surface area contributed by atoms with Crippen LogP contribution in [-0.2, 0) is 4.79 Å². The molecule has 0 spiro atoms. The van der Waals surface area contributed by atoms with E-state index in [0.29, 0.717) is 24.0 Å². The largest absolute Gasteiger partial charge is 0.492 e. The molecular formula is C21H29NO2. The van der Waals surface area contributed by atoms with E-state index < -0.39 is 0 Å². The van der Waals surface area contributed by atoms with Crippen molar-refractivity contribution in [3.8, 4) is 5.75 Å². The van der Waals surface area contributed by atoms with Crippen LogP contribution in [0.15, 0.2) is 30.3 Å². The quantitative estimate of drug-likeness (QED) is 0.824. The number of rotatable bonds is 5. The SMILES string of the molecule is CC12CC3CC(C)(C1)CC(C(=O)NCCOc1ccccc1)(C3)C2. The molecule has 1 N–H and O–H groups in total. The van der Waals surface area contributed by atoms with Gasteiger partial charge >= 0.3 is 0 Å². The molecule has 130 valence electrons. The minimum Gasteiger partial charge on any atom is -0.492 e. The van der Waals surface area contributed by atoms with Crippen molar-refractivity contribution >= 4 is 5.91 Å². The Morgan fingerprint density at radius 3 is 2.38 bits per heavy atom. The van der Waals surface area contributed by atoms with Crippen molar-refractivity contribution in [1.29, 1.82) is 0 Å². The molecule has 4 saturated carbocycles. The van der Waals surface area contributed by atoms with E-state index in [2.05, 4.69) is 19.2 Å². The van der Waals surface area contributed by atoms with E-state index >= 15 is 0 Å². The fourth-order valence-electron chi connectivity index (χ4n) is 6.74. The van der Waals surface area contributed by atoms with Crippen molar-refractivity contribution < 1.29 is 9.53 Å². The number of para-hydroxylation sites is 1. The summed E-state index contributed by atoms with van der Waals surface area (Å²) in [5, 5.41) is 3.18. The van der Waals surface area contributed by atoms with Crippen LogP contribution in [0.25, 0.3) is 0 Å². The molecule has 4 fully saturated rings. The lowest BCUT2D eigenvalue weighted by Gasteiger charge is -2.64. The van der Waals surface area contributed by atoms with Gasteiger partial charge in [0.15, 0.2) is 0 Å². The number of ether oxygens (including phenoxy) is 1. The summed E-state index contributed by atoms with van der Waals surface area (Å²) < 4.78 is 5.70. The topological polar surface area (TPSA) is 38.3 Å². The van der Waals surface area contributed by atoms with Crippen LogP contribution < -0.4 is 10.1 Å². The summed E-state index contributed by atoms with van der Waals surface area (Å²) in [6, 6.07) is 9.80. The molecule has 4 aliphatic carbocycles. The third-order valence-electron chi connectivity index (χ3n) is 6.51. The third kappa shape index (κ3) is 2.82. The Balaban J connectivity index is 1.36. The van der Waals surface area contributed by atoms with Crippen LogP contribution in [-0.4, -0.2) is 19.1 Å². The number of hydrogen-bond donors (Lipinski definition) is 1. The summed E-state index contributed by atoms with van der Waals surface area (Å²) in [6.45, 7) is 5.95. The molecule has 4 bridgehead atoms. The van der Waals surface area contributed by atoms with Crippen LogP contribution >= 0.6 is 0 Å². The number of benzene rings is 1. The van der Waals surface area contributed by atoms with E-state index in [9.17, 15) is 4.79 Å². The summed E-state index contributed by atoms with van der Waals surface area (Å²) in [4.78, 5) is 13.0. The fourth-order valence-corrected chi connectivity index (χ4v) is 6.74. The number of amides is 1. The lowest BCUT2D eigenvalue weighted by Crippen LogP contribution is -2.60. The van der Waals surface area contributed by atoms with Gasteiger partial charge in [-0.3, -0.25) is 4.79 Å². The minimum absolute atomic E-state index is 0.115. The summed E-state index contributed by atoms with van der Waals surface area (Å²) >= 11 is 0. The van der Waals surface area contributed by atoms with Crippen molar-refractivity contribution in [3.63, 3.8) is 0 Å². The number of nitrogens with one attached hydrogen (secondary N) is 1. The van der Waals surface area contributed by atoms with Crippen molar-refractivity contribution in [3.05, 3.63) is 30.3 Å². The maximum absolute atomic E-state index is 13.0. The highest BCUT2D eigenvalue weighted by Gasteiger charge is 2.62. The van der Waals surface area contributed by atoms with Crippen molar-refractivity contribution in [2.45, 2.75) is 52.4 Å². The predicted molar refractivity (Wildman–Crippen MR) is 94.8 cm³/mol. The molecule has 5 rings (SSSR count). The van der Waals surface area contributed by atoms with Crippen LogP contribution in [0.2, 0.25) is 0 Å². The highest BCUT2D eigenvalue weighted by molar-refractivity contribution is 5.83. The van der Waals surface area contributed by atoms with Crippen LogP contribution in [0.5, 0.6) is 5.75 Å². The molecule has 3 nitrogen and oxygen atoms in total. The Hall–Kier alpha value is -1.51. The van der Waals surface area contributed by atoms with Gasteiger partial charge < -0.3 is 10.1 Å². The Bertz CT molecular complexity index is 608. The molecule has 0 saturated heterocycles. The second kappa shape index (κ2) is 5.50.